The van der Waals surface area contributed by atoms with Gasteiger partial charge < -0.3 is 14.2 Å². The molecule has 1 fully saturated rings. The van der Waals surface area contributed by atoms with Gasteiger partial charge in [-0.3, -0.25) is 25.2 Å². The van der Waals surface area contributed by atoms with Crippen molar-refractivity contribution in [2.75, 3.05) is 14.2 Å². The number of nitrogens with zero attached hydrogens (tertiary/aromatic N) is 1. The summed E-state index contributed by atoms with van der Waals surface area (Å²) in [7, 11) is 2.99. The summed E-state index contributed by atoms with van der Waals surface area (Å²) < 4.78 is 16.0. The number of amides is 4. The highest BCUT2D eigenvalue weighted by molar-refractivity contribution is 6.17. The second kappa shape index (κ2) is 11.7. The highest BCUT2D eigenvalue weighted by Gasteiger charge is 2.60. The van der Waals surface area contributed by atoms with Gasteiger partial charge in [-0.2, -0.15) is 0 Å². The van der Waals surface area contributed by atoms with Crippen LogP contribution in [0.5, 0.6) is 11.5 Å². The van der Waals surface area contributed by atoms with Gasteiger partial charge in [-0.25, -0.2) is 9.69 Å². The van der Waals surface area contributed by atoms with Gasteiger partial charge in [0.25, 0.3) is 17.4 Å². The van der Waals surface area contributed by atoms with Crippen molar-refractivity contribution in [3.05, 3.63) is 95.6 Å². The van der Waals surface area contributed by atoms with Gasteiger partial charge in [0.15, 0.2) is 0 Å². The van der Waals surface area contributed by atoms with E-state index in [1.54, 1.807) is 79.7 Å². The number of carbonyl (C=O) groups excluding carboxylic acids is 4. The van der Waals surface area contributed by atoms with E-state index in [1.807, 2.05) is 6.07 Å². The molecule has 2 N–H and O–H groups in total. The quantitative estimate of drug-likeness (QED) is 0.321. The Labute approximate surface area is 225 Å². The number of benzene rings is 3. The number of imide groups is 1. The Morgan fingerprint density at radius 2 is 1.46 bits per heavy atom. The zero-order valence-electron chi connectivity index (χ0n) is 21.8. The molecular formula is C29H29N3O7. The number of hydrogen-bond acceptors (Lipinski definition) is 7. The van der Waals surface area contributed by atoms with E-state index in [0.717, 1.165) is 4.90 Å². The Bertz CT molecular complexity index is 1340. The van der Waals surface area contributed by atoms with Gasteiger partial charge in [0.05, 0.1) is 26.7 Å². The van der Waals surface area contributed by atoms with Crippen LogP contribution in [0, 0.1) is 0 Å². The maximum Gasteiger partial charge on any atom is 0.418 e. The van der Waals surface area contributed by atoms with Gasteiger partial charge in [0, 0.05) is 12.5 Å². The van der Waals surface area contributed by atoms with Crippen molar-refractivity contribution < 1.29 is 33.4 Å². The van der Waals surface area contributed by atoms with Crippen LogP contribution in [0.3, 0.4) is 0 Å². The summed E-state index contributed by atoms with van der Waals surface area (Å²) in [5.74, 6) is -1.36. The van der Waals surface area contributed by atoms with Gasteiger partial charge in [-0.05, 0) is 35.7 Å². The average molecular weight is 532 g/mol. The second-order valence-corrected chi connectivity index (χ2v) is 9.02. The van der Waals surface area contributed by atoms with Crippen LogP contribution in [-0.4, -0.2) is 48.5 Å². The second-order valence-electron chi connectivity index (χ2n) is 9.02. The normalized spacial score (nSPS) is 17.3. The van der Waals surface area contributed by atoms with E-state index in [9.17, 15) is 19.2 Å². The van der Waals surface area contributed by atoms with Crippen molar-refractivity contribution in [2.24, 2.45) is 0 Å². The van der Waals surface area contributed by atoms with Crippen molar-refractivity contribution in [3.63, 3.8) is 0 Å². The molecule has 4 amide bonds. The third-order valence-electron chi connectivity index (χ3n) is 6.45. The molecule has 1 heterocycles. The van der Waals surface area contributed by atoms with E-state index < -0.39 is 35.5 Å². The van der Waals surface area contributed by atoms with E-state index in [4.69, 9.17) is 14.2 Å². The summed E-state index contributed by atoms with van der Waals surface area (Å²) in [6.07, 6.45) is -1.28. The Morgan fingerprint density at radius 3 is 2.05 bits per heavy atom. The van der Waals surface area contributed by atoms with Crippen molar-refractivity contribution in [1.29, 1.82) is 0 Å². The van der Waals surface area contributed by atoms with E-state index in [-0.39, 0.29) is 12.8 Å². The summed E-state index contributed by atoms with van der Waals surface area (Å²) in [4.78, 5) is 53.9. The Balaban J connectivity index is 1.55. The summed E-state index contributed by atoms with van der Waals surface area (Å²) in [5.41, 5.74) is 4.26. The third kappa shape index (κ3) is 5.85. The lowest BCUT2D eigenvalue weighted by atomic mass is 9.92. The van der Waals surface area contributed by atoms with Gasteiger partial charge >= 0.3 is 6.09 Å². The molecule has 0 spiro atoms. The van der Waals surface area contributed by atoms with Crippen molar-refractivity contribution >= 4 is 23.8 Å². The fourth-order valence-electron chi connectivity index (χ4n) is 4.38. The molecule has 10 nitrogen and oxygen atoms in total. The molecule has 2 unspecified atom stereocenters. The molecule has 1 aliphatic heterocycles. The lowest BCUT2D eigenvalue weighted by molar-refractivity contribution is -0.151. The molecule has 3 aromatic carbocycles. The van der Waals surface area contributed by atoms with Crippen LogP contribution < -0.4 is 20.3 Å². The molecule has 1 aliphatic rings. The number of cyclic esters (lactones) is 1. The van der Waals surface area contributed by atoms with E-state index in [1.165, 1.54) is 14.2 Å². The van der Waals surface area contributed by atoms with Crippen molar-refractivity contribution in [3.8, 4) is 11.5 Å². The lowest BCUT2D eigenvalue weighted by Crippen LogP contribution is -2.59. The predicted molar refractivity (Wildman–Crippen MR) is 141 cm³/mol. The summed E-state index contributed by atoms with van der Waals surface area (Å²) in [6.45, 7) is 1.68. The van der Waals surface area contributed by atoms with Crippen LogP contribution in [-0.2, 0) is 32.0 Å². The number of hydrazine groups is 1. The largest absolute Gasteiger partial charge is 0.497 e. The molecule has 2 atom stereocenters. The van der Waals surface area contributed by atoms with E-state index in [2.05, 4.69) is 10.9 Å². The van der Waals surface area contributed by atoms with Crippen molar-refractivity contribution in [2.45, 2.75) is 31.4 Å². The minimum absolute atomic E-state index is 0.121. The molecule has 202 valence electrons. The van der Waals surface area contributed by atoms with Gasteiger partial charge in [0.2, 0.25) is 5.91 Å². The number of hydrogen-bond donors (Lipinski definition) is 2. The zero-order valence-corrected chi connectivity index (χ0v) is 21.8. The Morgan fingerprint density at radius 1 is 0.872 bits per heavy atom. The van der Waals surface area contributed by atoms with Gasteiger partial charge in [-0.15, -0.1) is 0 Å². The molecule has 10 heteroatoms. The first-order chi connectivity index (χ1) is 18.8. The fourth-order valence-corrected chi connectivity index (χ4v) is 4.38. The summed E-state index contributed by atoms with van der Waals surface area (Å²) in [6, 6.07) is 22.0. The predicted octanol–water partition coefficient (Wildman–Crippen LogP) is 3.12. The number of methoxy groups -OCH3 is 2. The smallest absolute Gasteiger partial charge is 0.418 e. The molecule has 39 heavy (non-hydrogen) atoms. The maximum atomic E-state index is 13.8. The van der Waals surface area contributed by atoms with Crippen LogP contribution in [0.25, 0.3) is 0 Å². The first-order valence-corrected chi connectivity index (χ1v) is 12.2. The number of carbonyl (C=O) groups is 4. The Kier molecular flexibility index (Phi) is 8.14. The molecule has 0 radical (unpaired) electrons. The van der Waals surface area contributed by atoms with Crippen LogP contribution in [0.4, 0.5) is 4.79 Å². The molecule has 0 aliphatic carbocycles. The molecule has 0 saturated carbocycles. The average Bonchev–Trinajstić information content (AvgIpc) is 3.21. The highest BCUT2D eigenvalue weighted by Crippen LogP contribution is 2.35. The van der Waals surface area contributed by atoms with Crippen LogP contribution >= 0.6 is 0 Å². The Hall–Kier alpha value is -4.86. The minimum Gasteiger partial charge on any atom is -0.497 e. The van der Waals surface area contributed by atoms with Crippen molar-refractivity contribution in [1.82, 2.24) is 15.8 Å². The lowest BCUT2D eigenvalue weighted by Gasteiger charge is -2.25. The SMILES string of the molecule is COc1cc(CC(=O)NNC(=O)C2(Cc3ccccc3)OC(=O)N(C(C)c3ccccc3)C2=O)cc(OC)c1. The van der Waals surface area contributed by atoms with Gasteiger partial charge in [-0.1, -0.05) is 60.7 Å². The minimum atomic E-state index is -2.21. The number of nitrogens with one attached hydrogen (secondary N) is 2. The standard InChI is InChI=1S/C29H29N3O7/c1-19(22-12-8-5-9-13-22)32-27(35)29(39-28(32)36,18-20-10-6-4-7-11-20)26(34)31-30-25(33)16-21-14-23(37-2)17-24(15-21)38-3/h4-15,17,19H,16,18H2,1-3H3,(H,30,33)(H,31,34). The van der Waals surface area contributed by atoms with E-state index >= 15 is 0 Å². The third-order valence-corrected chi connectivity index (χ3v) is 6.45. The molecule has 3 aromatic rings. The van der Waals surface area contributed by atoms with Crippen LogP contribution in [0.2, 0.25) is 0 Å². The van der Waals surface area contributed by atoms with E-state index in [0.29, 0.717) is 28.2 Å². The summed E-state index contributed by atoms with van der Waals surface area (Å²) in [5, 5.41) is 0. The fraction of sp³-hybridized carbons (Fsp3) is 0.241. The molecule has 0 aromatic heterocycles. The first-order valence-electron chi connectivity index (χ1n) is 12.2. The number of ether oxygens (including phenoxy) is 3. The number of rotatable bonds is 9. The topological polar surface area (TPSA) is 123 Å². The monoisotopic (exact) mass is 531 g/mol. The molecular weight excluding hydrogens is 502 g/mol. The maximum absolute atomic E-state index is 13.8. The van der Waals surface area contributed by atoms with Crippen LogP contribution in [0.1, 0.15) is 29.7 Å². The molecule has 4 rings (SSSR count). The van der Waals surface area contributed by atoms with Gasteiger partial charge in [0.1, 0.15) is 11.5 Å². The zero-order chi connectivity index (χ0) is 28.0. The van der Waals surface area contributed by atoms with Crippen LogP contribution in [0.15, 0.2) is 78.9 Å². The first kappa shape index (κ1) is 27.2. The highest BCUT2D eigenvalue weighted by atomic mass is 16.6. The molecule has 0 bridgehead atoms. The summed E-state index contributed by atoms with van der Waals surface area (Å²) >= 11 is 0. The molecule has 1 saturated heterocycles.